The molecule has 1 atom stereocenters. The van der Waals surface area contributed by atoms with Crippen LogP contribution in [0.1, 0.15) is 47.7 Å². The van der Waals surface area contributed by atoms with Crippen LogP contribution < -0.4 is 19.7 Å². The Morgan fingerprint density at radius 1 is 1.06 bits per heavy atom. The van der Waals surface area contributed by atoms with E-state index in [0.29, 0.717) is 17.2 Å². The summed E-state index contributed by atoms with van der Waals surface area (Å²) >= 11 is 1.54. The van der Waals surface area contributed by atoms with Crippen molar-refractivity contribution < 1.29 is 19.1 Å². The molecule has 1 saturated carbocycles. The summed E-state index contributed by atoms with van der Waals surface area (Å²) < 4.78 is 11.1. The van der Waals surface area contributed by atoms with E-state index in [2.05, 4.69) is 5.32 Å². The van der Waals surface area contributed by atoms with Crippen molar-refractivity contribution in [1.82, 2.24) is 5.32 Å². The Morgan fingerprint density at radius 2 is 1.82 bits per heavy atom. The van der Waals surface area contributed by atoms with Crippen LogP contribution in [0, 0.1) is 6.92 Å². The average molecular weight is 477 g/mol. The summed E-state index contributed by atoms with van der Waals surface area (Å²) in [7, 11) is 0. The Morgan fingerprint density at radius 3 is 2.56 bits per heavy atom. The van der Waals surface area contributed by atoms with Gasteiger partial charge in [-0.2, -0.15) is 0 Å². The number of rotatable bonds is 7. The highest BCUT2D eigenvalue weighted by atomic mass is 32.1. The first-order valence-electron chi connectivity index (χ1n) is 11.7. The third kappa shape index (κ3) is 4.80. The molecule has 1 unspecified atom stereocenters. The van der Waals surface area contributed by atoms with Gasteiger partial charge in [0, 0.05) is 22.7 Å². The molecule has 0 radical (unpaired) electrons. The first kappa shape index (κ1) is 22.5. The Hall–Kier alpha value is -3.32. The van der Waals surface area contributed by atoms with Gasteiger partial charge in [0.1, 0.15) is 6.04 Å². The maximum atomic E-state index is 13.8. The van der Waals surface area contributed by atoms with E-state index >= 15 is 0 Å². The highest BCUT2D eigenvalue weighted by Gasteiger charge is 2.35. The van der Waals surface area contributed by atoms with Gasteiger partial charge < -0.3 is 14.8 Å². The lowest BCUT2D eigenvalue weighted by Gasteiger charge is -2.32. The summed E-state index contributed by atoms with van der Waals surface area (Å²) in [6, 6.07) is 16.5. The topological polar surface area (TPSA) is 67.9 Å². The molecule has 5 rings (SSSR count). The van der Waals surface area contributed by atoms with Crippen molar-refractivity contribution in [3.8, 4) is 11.5 Å². The van der Waals surface area contributed by atoms with Crippen LogP contribution in [0.25, 0.3) is 0 Å². The van der Waals surface area contributed by atoms with Gasteiger partial charge in [-0.15, -0.1) is 11.3 Å². The van der Waals surface area contributed by atoms with Crippen LogP contribution in [-0.4, -0.2) is 24.6 Å². The quantitative estimate of drug-likeness (QED) is 0.511. The van der Waals surface area contributed by atoms with Crippen LogP contribution in [0.5, 0.6) is 11.5 Å². The summed E-state index contributed by atoms with van der Waals surface area (Å²) in [5.74, 6) is 0.906. The van der Waals surface area contributed by atoms with Crippen molar-refractivity contribution in [3.05, 3.63) is 76.0 Å². The van der Waals surface area contributed by atoms with E-state index in [0.717, 1.165) is 41.7 Å². The predicted molar refractivity (Wildman–Crippen MR) is 132 cm³/mol. The minimum absolute atomic E-state index is 0.144. The Labute approximate surface area is 203 Å². The molecule has 2 amide bonds. The highest BCUT2D eigenvalue weighted by molar-refractivity contribution is 7.10. The number of nitrogens with one attached hydrogen (secondary N) is 1. The summed E-state index contributed by atoms with van der Waals surface area (Å²) in [5, 5.41) is 5.18. The van der Waals surface area contributed by atoms with Crippen LogP contribution >= 0.6 is 11.3 Å². The van der Waals surface area contributed by atoms with Crippen molar-refractivity contribution in [2.75, 3.05) is 11.7 Å². The fourth-order valence-corrected chi connectivity index (χ4v) is 5.33. The minimum atomic E-state index is -0.797. The fraction of sp³-hybridized carbons (Fsp3) is 0.333. The number of benzene rings is 2. The molecule has 176 valence electrons. The van der Waals surface area contributed by atoms with Crippen LogP contribution in [0.4, 0.5) is 5.69 Å². The van der Waals surface area contributed by atoms with Gasteiger partial charge in [0.05, 0.1) is 6.42 Å². The Balaban J connectivity index is 1.56. The molecule has 6 nitrogen and oxygen atoms in total. The number of hydrogen-bond donors (Lipinski definition) is 1. The standard InChI is InChI=1S/C27H28N2O4S/c1-18-8-10-19(11-9-18)26(27(31)28-20-5-2-3-6-20)29(25(30)16-22-7-4-14-34-22)21-12-13-23-24(15-21)33-17-32-23/h4,7-15,20,26H,2-3,5-6,16-17H2,1H3,(H,28,31). The monoisotopic (exact) mass is 476 g/mol. The maximum Gasteiger partial charge on any atom is 0.248 e. The predicted octanol–water partition coefficient (Wildman–Crippen LogP) is 5.16. The summed E-state index contributed by atoms with van der Waals surface area (Å²) in [6.45, 7) is 2.15. The van der Waals surface area contributed by atoms with E-state index in [1.807, 2.05) is 54.8 Å². The second-order valence-corrected chi connectivity index (χ2v) is 9.89. The lowest BCUT2D eigenvalue weighted by molar-refractivity contribution is -0.127. The van der Waals surface area contributed by atoms with Crippen LogP contribution in [0.15, 0.2) is 60.0 Å². The van der Waals surface area contributed by atoms with E-state index in [1.165, 1.54) is 11.3 Å². The average Bonchev–Trinajstić information content (AvgIpc) is 3.61. The number of thiophene rings is 1. The van der Waals surface area contributed by atoms with Gasteiger partial charge >= 0.3 is 0 Å². The molecule has 0 spiro atoms. The molecule has 7 heteroatoms. The number of carbonyl (C=O) groups is 2. The number of nitrogens with zero attached hydrogens (tertiary/aromatic N) is 1. The lowest BCUT2D eigenvalue weighted by atomic mass is 10.0. The number of ether oxygens (including phenoxy) is 2. The number of carbonyl (C=O) groups excluding carboxylic acids is 2. The van der Waals surface area contributed by atoms with Gasteiger partial charge in [-0.3, -0.25) is 14.5 Å². The number of aryl methyl sites for hydroxylation is 1. The van der Waals surface area contributed by atoms with Crippen molar-refractivity contribution in [1.29, 1.82) is 0 Å². The smallest absolute Gasteiger partial charge is 0.248 e. The molecule has 2 aliphatic rings. The molecule has 0 saturated heterocycles. The summed E-state index contributed by atoms with van der Waals surface area (Å²) in [6.07, 6.45) is 4.39. The first-order valence-corrected chi connectivity index (χ1v) is 12.6. The lowest BCUT2D eigenvalue weighted by Crippen LogP contribution is -2.46. The second-order valence-electron chi connectivity index (χ2n) is 8.86. The zero-order chi connectivity index (χ0) is 23.5. The highest BCUT2D eigenvalue weighted by Crippen LogP contribution is 2.38. The van der Waals surface area contributed by atoms with E-state index in [4.69, 9.17) is 9.47 Å². The molecule has 34 heavy (non-hydrogen) atoms. The number of hydrogen-bond acceptors (Lipinski definition) is 5. The Bertz CT molecular complexity index is 1150. The van der Waals surface area contributed by atoms with Crippen LogP contribution in [-0.2, 0) is 16.0 Å². The van der Waals surface area contributed by atoms with Crippen LogP contribution in [0.3, 0.4) is 0 Å². The SMILES string of the molecule is Cc1ccc(C(C(=O)NC2CCCC2)N(C(=O)Cc2cccs2)c2ccc3c(c2)OCO3)cc1. The van der Waals surface area contributed by atoms with E-state index in [-0.39, 0.29) is 31.1 Å². The third-order valence-electron chi connectivity index (χ3n) is 6.41. The van der Waals surface area contributed by atoms with Gasteiger partial charge in [-0.1, -0.05) is 48.7 Å². The van der Waals surface area contributed by atoms with Crippen molar-refractivity contribution in [2.45, 2.75) is 51.1 Å². The molecule has 2 aromatic carbocycles. The molecule has 1 N–H and O–H groups in total. The fourth-order valence-electron chi connectivity index (χ4n) is 4.64. The molecular weight excluding hydrogens is 448 g/mol. The zero-order valence-electron chi connectivity index (χ0n) is 19.2. The summed E-state index contributed by atoms with van der Waals surface area (Å²) in [4.78, 5) is 30.2. The first-order chi connectivity index (χ1) is 16.6. The van der Waals surface area contributed by atoms with E-state index in [9.17, 15) is 9.59 Å². The molecular formula is C27H28N2O4S. The molecule has 3 aromatic rings. The van der Waals surface area contributed by atoms with Gasteiger partial charge in [0.2, 0.25) is 18.6 Å². The van der Waals surface area contributed by atoms with Gasteiger partial charge in [-0.05, 0) is 48.9 Å². The summed E-state index contributed by atoms with van der Waals surface area (Å²) in [5.41, 5.74) is 2.48. The van der Waals surface area contributed by atoms with E-state index in [1.54, 1.807) is 17.0 Å². The maximum absolute atomic E-state index is 13.8. The minimum Gasteiger partial charge on any atom is -0.454 e. The van der Waals surface area contributed by atoms with Gasteiger partial charge in [0.15, 0.2) is 11.5 Å². The molecule has 0 bridgehead atoms. The molecule has 1 fully saturated rings. The number of amides is 2. The normalized spacial score (nSPS) is 15.8. The number of fused-ring (bicyclic) bond motifs is 1. The number of anilines is 1. The second kappa shape index (κ2) is 9.89. The van der Waals surface area contributed by atoms with E-state index < -0.39 is 6.04 Å². The molecule has 1 aromatic heterocycles. The third-order valence-corrected chi connectivity index (χ3v) is 7.29. The van der Waals surface area contributed by atoms with Crippen molar-refractivity contribution in [2.24, 2.45) is 0 Å². The van der Waals surface area contributed by atoms with Crippen molar-refractivity contribution >= 4 is 28.8 Å². The van der Waals surface area contributed by atoms with Gasteiger partial charge in [-0.25, -0.2) is 0 Å². The Kier molecular flexibility index (Phi) is 6.54. The molecule has 2 heterocycles. The van der Waals surface area contributed by atoms with Gasteiger partial charge in [0.25, 0.3) is 0 Å². The largest absolute Gasteiger partial charge is 0.454 e. The zero-order valence-corrected chi connectivity index (χ0v) is 20.0. The van der Waals surface area contributed by atoms with Crippen LogP contribution in [0.2, 0.25) is 0 Å². The van der Waals surface area contributed by atoms with Crippen molar-refractivity contribution in [3.63, 3.8) is 0 Å². The molecule has 1 aliphatic heterocycles. The molecule has 1 aliphatic carbocycles.